The minimum atomic E-state index is -0.0956. The van der Waals surface area contributed by atoms with Crippen LogP contribution in [0.5, 0.6) is 0 Å². The summed E-state index contributed by atoms with van der Waals surface area (Å²) in [7, 11) is 1.91. The average molecular weight is 349 g/mol. The molecule has 0 radical (unpaired) electrons. The van der Waals surface area contributed by atoms with Crippen LogP contribution in [0.3, 0.4) is 0 Å². The highest BCUT2D eigenvalue weighted by molar-refractivity contribution is 5.65. The van der Waals surface area contributed by atoms with Gasteiger partial charge in [0, 0.05) is 19.4 Å². The van der Waals surface area contributed by atoms with Gasteiger partial charge in [0.2, 0.25) is 0 Å². The molecule has 4 saturated carbocycles. The fraction of sp³-hybridized carbons (Fsp3) is 0.955. The minimum Gasteiger partial charge on any atom is -0.465 e. The molecule has 3 nitrogen and oxygen atoms in total. The van der Waals surface area contributed by atoms with Crippen LogP contribution in [0.25, 0.3) is 0 Å². The summed E-state index contributed by atoms with van der Waals surface area (Å²) in [6.45, 7) is 4.76. The van der Waals surface area contributed by atoms with E-state index >= 15 is 0 Å². The molecule has 0 amide bonds. The van der Waals surface area contributed by atoms with Crippen molar-refractivity contribution < 1.29 is 14.3 Å². The quantitative estimate of drug-likeness (QED) is 0.675. The molecule has 0 heterocycles. The van der Waals surface area contributed by atoms with Crippen molar-refractivity contribution in [3.05, 3.63) is 0 Å². The topological polar surface area (TPSA) is 35.5 Å². The molecule has 0 bridgehead atoms. The summed E-state index contributed by atoms with van der Waals surface area (Å²) in [5, 5.41) is 0. The number of ether oxygens (including phenoxy) is 2. The zero-order valence-electron chi connectivity index (χ0n) is 16.4. The summed E-state index contributed by atoms with van der Waals surface area (Å²) in [4.78, 5) is 11.6. The van der Waals surface area contributed by atoms with Crippen molar-refractivity contribution in [2.24, 2.45) is 34.5 Å². The van der Waals surface area contributed by atoms with E-state index in [4.69, 9.17) is 9.47 Å². The molecule has 25 heavy (non-hydrogen) atoms. The molecule has 142 valence electrons. The number of hydrogen-bond acceptors (Lipinski definition) is 3. The Morgan fingerprint density at radius 1 is 1.00 bits per heavy atom. The Kier molecular flexibility index (Phi) is 4.67. The summed E-state index contributed by atoms with van der Waals surface area (Å²) in [5.41, 5.74) is 0.652. The Labute approximate surface area is 153 Å². The fourth-order valence-electron chi connectivity index (χ4n) is 7.93. The van der Waals surface area contributed by atoms with Crippen molar-refractivity contribution in [1.29, 1.82) is 0 Å². The Morgan fingerprint density at radius 2 is 1.84 bits per heavy atom. The number of rotatable bonds is 3. The number of methoxy groups -OCH3 is 1. The molecule has 0 aromatic rings. The molecule has 4 aliphatic rings. The monoisotopic (exact) mass is 348 g/mol. The number of hydrogen-bond donors (Lipinski definition) is 0. The van der Waals surface area contributed by atoms with E-state index in [1.807, 2.05) is 7.11 Å². The highest BCUT2D eigenvalue weighted by Gasteiger charge is 2.61. The van der Waals surface area contributed by atoms with Crippen LogP contribution < -0.4 is 0 Å². The lowest BCUT2D eigenvalue weighted by Crippen LogP contribution is -2.56. The van der Waals surface area contributed by atoms with Gasteiger partial charge in [-0.15, -0.1) is 0 Å². The molecule has 4 rings (SSSR count). The molecule has 4 aliphatic carbocycles. The third-order valence-electron chi connectivity index (χ3n) is 9.02. The van der Waals surface area contributed by atoms with E-state index < -0.39 is 0 Å². The molecule has 3 heteroatoms. The summed E-state index contributed by atoms with van der Waals surface area (Å²) in [6, 6.07) is 0. The van der Waals surface area contributed by atoms with Gasteiger partial charge < -0.3 is 9.47 Å². The van der Waals surface area contributed by atoms with Crippen LogP contribution in [0.15, 0.2) is 0 Å². The van der Waals surface area contributed by atoms with E-state index in [-0.39, 0.29) is 11.4 Å². The van der Waals surface area contributed by atoms with Gasteiger partial charge >= 0.3 is 5.97 Å². The van der Waals surface area contributed by atoms with Crippen LogP contribution in [0.1, 0.15) is 78.1 Å². The molecule has 0 N–H and O–H groups in total. The van der Waals surface area contributed by atoms with Crippen LogP contribution in [0.4, 0.5) is 0 Å². The highest BCUT2D eigenvalue weighted by Crippen LogP contribution is 2.66. The zero-order valence-corrected chi connectivity index (χ0v) is 16.4. The van der Waals surface area contributed by atoms with Crippen LogP contribution in [-0.2, 0) is 14.3 Å². The van der Waals surface area contributed by atoms with E-state index in [2.05, 4.69) is 6.92 Å². The summed E-state index contributed by atoms with van der Waals surface area (Å²) < 4.78 is 11.6. The van der Waals surface area contributed by atoms with Gasteiger partial charge in [0.25, 0.3) is 0 Å². The lowest BCUT2D eigenvalue weighted by atomic mass is 9.45. The summed E-state index contributed by atoms with van der Waals surface area (Å²) in [6.07, 6.45) is 13.7. The van der Waals surface area contributed by atoms with Gasteiger partial charge in [0.15, 0.2) is 0 Å². The molecule has 0 saturated heterocycles. The van der Waals surface area contributed by atoms with Gasteiger partial charge in [-0.25, -0.2) is 0 Å². The van der Waals surface area contributed by atoms with Gasteiger partial charge in [0.05, 0.1) is 12.7 Å². The van der Waals surface area contributed by atoms with Crippen molar-refractivity contribution in [3.63, 3.8) is 0 Å². The van der Waals surface area contributed by atoms with Gasteiger partial charge in [-0.05, 0) is 80.5 Å². The molecule has 7 unspecified atom stereocenters. The molecule has 4 fully saturated rings. The van der Waals surface area contributed by atoms with Gasteiger partial charge in [-0.3, -0.25) is 4.79 Å². The molecule has 0 aliphatic heterocycles. The molecule has 0 aromatic carbocycles. The number of fused-ring (bicyclic) bond motifs is 5. The minimum absolute atomic E-state index is 0.0956. The van der Waals surface area contributed by atoms with E-state index in [0.717, 1.165) is 23.7 Å². The van der Waals surface area contributed by atoms with E-state index in [9.17, 15) is 4.79 Å². The lowest BCUT2D eigenvalue weighted by molar-refractivity contribution is -0.170. The van der Waals surface area contributed by atoms with Gasteiger partial charge in [0.1, 0.15) is 0 Å². The number of carbonyl (C=O) groups excluding carboxylic acids is 1. The second-order valence-corrected chi connectivity index (χ2v) is 9.76. The van der Waals surface area contributed by atoms with Crippen LogP contribution in [-0.4, -0.2) is 25.8 Å². The Morgan fingerprint density at radius 3 is 2.60 bits per heavy atom. The zero-order chi connectivity index (χ0) is 17.7. The number of esters is 1. The average Bonchev–Trinajstić information content (AvgIpc) is 2.96. The normalized spacial score (nSPS) is 49.0. The van der Waals surface area contributed by atoms with Crippen LogP contribution >= 0.6 is 0 Å². The van der Waals surface area contributed by atoms with Crippen molar-refractivity contribution >= 4 is 5.97 Å². The second-order valence-electron chi connectivity index (χ2n) is 9.76. The van der Waals surface area contributed by atoms with E-state index in [1.165, 1.54) is 64.2 Å². The first-order valence-electron chi connectivity index (χ1n) is 10.7. The van der Waals surface area contributed by atoms with Gasteiger partial charge in [-0.1, -0.05) is 19.8 Å². The maximum Gasteiger partial charge on any atom is 0.302 e. The molecule has 0 aromatic heterocycles. The second kappa shape index (κ2) is 6.55. The predicted molar refractivity (Wildman–Crippen MR) is 98.1 cm³/mol. The Bertz CT molecular complexity index is 517. The van der Waals surface area contributed by atoms with E-state index in [1.54, 1.807) is 6.92 Å². The Hall–Kier alpha value is -0.570. The van der Waals surface area contributed by atoms with E-state index in [0.29, 0.717) is 18.1 Å². The molecular formula is C22H36O3. The first kappa shape index (κ1) is 17.8. The van der Waals surface area contributed by atoms with Crippen molar-refractivity contribution in [2.75, 3.05) is 13.7 Å². The Balaban J connectivity index is 1.63. The highest BCUT2D eigenvalue weighted by atomic mass is 16.5. The van der Waals surface area contributed by atoms with Crippen molar-refractivity contribution in [3.8, 4) is 0 Å². The first-order valence-corrected chi connectivity index (χ1v) is 10.7. The maximum absolute atomic E-state index is 11.6. The summed E-state index contributed by atoms with van der Waals surface area (Å²) >= 11 is 0. The fourth-order valence-corrected chi connectivity index (χ4v) is 7.93. The predicted octanol–water partition coefficient (Wildman–Crippen LogP) is 4.98. The standard InChI is InChI=1S/C22H36O3/c1-15(23)25-14-22-12-5-4-6-16(22)7-8-17-18-9-10-20(24-3)21(18,2)13-11-19(17)22/h16-20H,4-14H2,1-3H3. The molecule has 0 spiro atoms. The number of carbonyl (C=O) groups is 1. The van der Waals surface area contributed by atoms with Crippen LogP contribution in [0.2, 0.25) is 0 Å². The largest absolute Gasteiger partial charge is 0.465 e. The maximum atomic E-state index is 11.6. The van der Waals surface area contributed by atoms with Crippen molar-refractivity contribution in [1.82, 2.24) is 0 Å². The molecular weight excluding hydrogens is 312 g/mol. The summed E-state index contributed by atoms with van der Waals surface area (Å²) in [5.74, 6) is 3.09. The van der Waals surface area contributed by atoms with Crippen molar-refractivity contribution in [2.45, 2.75) is 84.2 Å². The smallest absolute Gasteiger partial charge is 0.302 e. The first-order chi connectivity index (χ1) is 12.0. The SMILES string of the molecule is COC1CCC2C3CCC4CCCCC4(COC(C)=O)C3CCC12C. The lowest BCUT2D eigenvalue weighted by Gasteiger charge is -2.61. The third-order valence-corrected chi connectivity index (χ3v) is 9.02. The molecule has 7 atom stereocenters. The van der Waals surface area contributed by atoms with Gasteiger partial charge in [-0.2, -0.15) is 0 Å². The third kappa shape index (κ3) is 2.67. The van der Waals surface area contributed by atoms with Crippen LogP contribution in [0, 0.1) is 34.5 Å².